The van der Waals surface area contributed by atoms with Crippen molar-refractivity contribution in [3.63, 3.8) is 0 Å². The molecular weight excluding hydrogens is 393 g/mol. The van der Waals surface area contributed by atoms with Crippen LogP contribution in [-0.4, -0.2) is 36.9 Å². The standard InChI is InChI=1S/C25H34FN3O2/c1-16(2)18(5)29(25(31)19-8-10-21(26)11-9-19)15-20-14-22(27-24(30)17(3)4)12-13-23(20)28(6)7/h8-14,16-18H,15H2,1-7H3,(H,27,30)/t18-/m1/s1. The number of anilines is 2. The quantitative estimate of drug-likeness (QED) is 0.632. The number of benzene rings is 2. The molecular formula is C25H34FN3O2. The summed E-state index contributed by atoms with van der Waals surface area (Å²) in [4.78, 5) is 29.3. The van der Waals surface area contributed by atoms with Gasteiger partial charge in [-0.1, -0.05) is 27.7 Å². The van der Waals surface area contributed by atoms with Gasteiger partial charge in [0.2, 0.25) is 5.91 Å². The maximum absolute atomic E-state index is 13.4. The third-order valence-corrected chi connectivity index (χ3v) is 5.50. The summed E-state index contributed by atoms with van der Waals surface area (Å²) in [6.07, 6.45) is 0. The Labute approximate surface area is 185 Å². The van der Waals surface area contributed by atoms with Gasteiger partial charge in [0, 0.05) is 49.5 Å². The van der Waals surface area contributed by atoms with Gasteiger partial charge in [0.25, 0.3) is 5.91 Å². The first-order valence-electron chi connectivity index (χ1n) is 10.7. The van der Waals surface area contributed by atoms with Gasteiger partial charge < -0.3 is 15.1 Å². The van der Waals surface area contributed by atoms with E-state index in [1.165, 1.54) is 24.3 Å². The van der Waals surface area contributed by atoms with E-state index in [0.29, 0.717) is 17.8 Å². The zero-order valence-corrected chi connectivity index (χ0v) is 19.6. The fourth-order valence-corrected chi connectivity index (χ4v) is 3.22. The molecule has 0 radical (unpaired) electrons. The number of carbonyl (C=O) groups excluding carboxylic acids is 2. The predicted octanol–water partition coefficient (Wildman–Crippen LogP) is 5.17. The monoisotopic (exact) mass is 427 g/mol. The van der Waals surface area contributed by atoms with E-state index in [-0.39, 0.29) is 35.5 Å². The van der Waals surface area contributed by atoms with Crippen LogP contribution in [0.5, 0.6) is 0 Å². The highest BCUT2D eigenvalue weighted by atomic mass is 19.1. The molecule has 0 unspecified atom stereocenters. The minimum absolute atomic E-state index is 0.0403. The molecule has 0 aliphatic carbocycles. The summed E-state index contributed by atoms with van der Waals surface area (Å²) in [5, 5.41) is 2.94. The first-order valence-corrected chi connectivity index (χ1v) is 10.7. The average molecular weight is 428 g/mol. The number of nitrogens with zero attached hydrogens (tertiary/aromatic N) is 2. The second-order valence-electron chi connectivity index (χ2n) is 8.81. The molecule has 0 saturated carbocycles. The molecule has 2 amide bonds. The summed E-state index contributed by atoms with van der Waals surface area (Å²) in [5.74, 6) is -0.477. The van der Waals surface area contributed by atoms with E-state index >= 15 is 0 Å². The van der Waals surface area contributed by atoms with Crippen molar-refractivity contribution >= 4 is 23.2 Å². The van der Waals surface area contributed by atoms with Gasteiger partial charge in [-0.3, -0.25) is 9.59 Å². The zero-order chi connectivity index (χ0) is 23.3. The second-order valence-corrected chi connectivity index (χ2v) is 8.81. The fourth-order valence-electron chi connectivity index (χ4n) is 3.22. The Morgan fingerprint density at radius 1 is 0.968 bits per heavy atom. The highest BCUT2D eigenvalue weighted by molar-refractivity contribution is 5.95. The zero-order valence-electron chi connectivity index (χ0n) is 19.6. The summed E-state index contributed by atoms with van der Waals surface area (Å²) in [7, 11) is 3.90. The van der Waals surface area contributed by atoms with Crippen molar-refractivity contribution in [1.29, 1.82) is 0 Å². The lowest BCUT2D eigenvalue weighted by atomic mass is 10.0. The largest absolute Gasteiger partial charge is 0.377 e. The van der Waals surface area contributed by atoms with Crippen LogP contribution in [0.3, 0.4) is 0 Å². The first kappa shape index (κ1) is 24.4. The Bertz CT molecular complexity index is 907. The van der Waals surface area contributed by atoms with E-state index < -0.39 is 0 Å². The molecule has 0 saturated heterocycles. The third-order valence-electron chi connectivity index (χ3n) is 5.50. The van der Waals surface area contributed by atoms with Crippen molar-refractivity contribution in [2.75, 3.05) is 24.3 Å². The molecule has 2 aromatic rings. The molecule has 0 spiro atoms. The van der Waals surface area contributed by atoms with Crippen molar-refractivity contribution < 1.29 is 14.0 Å². The van der Waals surface area contributed by atoms with Gasteiger partial charge in [-0.05, 0) is 60.9 Å². The number of halogens is 1. The van der Waals surface area contributed by atoms with Crippen molar-refractivity contribution in [3.05, 3.63) is 59.4 Å². The molecule has 6 heteroatoms. The van der Waals surface area contributed by atoms with Gasteiger partial charge in [-0.15, -0.1) is 0 Å². The lowest BCUT2D eigenvalue weighted by Crippen LogP contribution is -2.41. The second kappa shape index (κ2) is 10.4. The van der Waals surface area contributed by atoms with E-state index in [4.69, 9.17) is 0 Å². The highest BCUT2D eigenvalue weighted by Gasteiger charge is 2.25. The lowest BCUT2D eigenvalue weighted by Gasteiger charge is -2.33. The van der Waals surface area contributed by atoms with Crippen LogP contribution in [0, 0.1) is 17.7 Å². The van der Waals surface area contributed by atoms with Gasteiger partial charge in [-0.25, -0.2) is 4.39 Å². The van der Waals surface area contributed by atoms with Crippen LogP contribution < -0.4 is 10.2 Å². The smallest absolute Gasteiger partial charge is 0.254 e. The van der Waals surface area contributed by atoms with Crippen LogP contribution in [0.15, 0.2) is 42.5 Å². The Morgan fingerprint density at radius 3 is 2.10 bits per heavy atom. The maximum atomic E-state index is 13.4. The number of amides is 2. The molecule has 2 rings (SSSR count). The number of hydrogen-bond donors (Lipinski definition) is 1. The van der Waals surface area contributed by atoms with Gasteiger partial charge in [0.05, 0.1) is 0 Å². The molecule has 2 aromatic carbocycles. The van der Waals surface area contributed by atoms with E-state index in [1.807, 2.05) is 62.9 Å². The molecule has 0 aromatic heterocycles. The first-order chi connectivity index (χ1) is 14.5. The third kappa shape index (κ3) is 6.29. The van der Waals surface area contributed by atoms with Crippen LogP contribution in [0.4, 0.5) is 15.8 Å². The highest BCUT2D eigenvalue weighted by Crippen LogP contribution is 2.27. The number of carbonyl (C=O) groups is 2. The number of hydrogen-bond acceptors (Lipinski definition) is 3. The number of rotatable bonds is 8. The van der Waals surface area contributed by atoms with Crippen LogP contribution in [0.1, 0.15) is 50.5 Å². The Morgan fingerprint density at radius 2 is 1.58 bits per heavy atom. The summed E-state index contributed by atoms with van der Waals surface area (Å²) >= 11 is 0. The average Bonchev–Trinajstić information content (AvgIpc) is 2.71. The molecule has 31 heavy (non-hydrogen) atoms. The summed E-state index contributed by atoms with van der Waals surface area (Å²) in [6.45, 7) is 10.2. The topological polar surface area (TPSA) is 52.7 Å². The molecule has 5 nitrogen and oxygen atoms in total. The molecule has 0 heterocycles. The summed E-state index contributed by atoms with van der Waals surface area (Å²) in [6, 6.07) is 11.4. The normalized spacial score (nSPS) is 12.1. The minimum atomic E-state index is -0.372. The summed E-state index contributed by atoms with van der Waals surface area (Å²) in [5.41, 5.74) is 3.04. The summed E-state index contributed by atoms with van der Waals surface area (Å²) < 4.78 is 13.4. The van der Waals surface area contributed by atoms with E-state index in [2.05, 4.69) is 19.2 Å². The molecule has 1 N–H and O–H groups in total. The molecule has 0 aliphatic rings. The van der Waals surface area contributed by atoms with Crippen LogP contribution in [0.25, 0.3) is 0 Å². The number of nitrogens with one attached hydrogen (secondary N) is 1. The van der Waals surface area contributed by atoms with Crippen molar-refractivity contribution in [3.8, 4) is 0 Å². The molecule has 1 atom stereocenters. The molecule has 0 bridgehead atoms. The Kier molecular flexibility index (Phi) is 8.20. The Hall–Kier alpha value is -2.89. The molecule has 0 aliphatic heterocycles. The SMILES string of the molecule is CC(C)C(=O)Nc1ccc(N(C)C)c(CN(C(=O)c2ccc(F)cc2)[C@H](C)C(C)C)c1. The fraction of sp³-hybridized carbons (Fsp3) is 0.440. The van der Waals surface area contributed by atoms with Gasteiger partial charge >= 0.3 is 0 Å². The van der Waals surface area contributed by atoms with Gasteiger partial charge in [0.15, 0.2) is 0 Å². The predicted molar refractivity (Wildman–Crippen MR) is 125 cm³/mol. The maximum Gasteiger partial charge on any atom is 0.254 e. The van der Waals surface area contributed by atoms with Gasteiger partial charge in [-0.2, -0.15) is 0 Å². The Balaban J connectivity index is 2.44. The van der Waals surface area contributed by atoms with E-state index in [0.717, 1.165) is 11.3 Å². The van der Waals surface area contributed by atoms with Crippen molar-refractivity contribution in [2.45, 2.75) is 47.2 Å². The van der Waals surface area contributed by atoms with Crippen molar-refractivity contribution in [1.82, 2.24) is 4.90 Å². The molecule has 0 fully saturated rings. The molecule has 168 valence electrons. The van der Waals surface area contributed by atoms with Crippen LogP contribution in [0.2, 0.25) is 0 Å². The lowest BCUT2D eigenvalue weighted by molar-refractivity contribution is -0.118. The van der Waals surface area contributed by atoms with Crippen LogP contribution >= 0.6 is 0 Å². The van der Waals surface area contributed by atoms with Gasteiger partial charge in [0.1, 0.15) is 5.82 Å². The van der Waals surface area contributed by atoms with E-state index in [9.17, 15) is 14.0 Å². The van der Waals surface area contributed by atoms with Crippen molar-refractivity contribution in [2.24, 2.45) is 11.8 Å². The van der Waals surface area contributed by atoms with Crippen LogP contribution in [-0.2, 0) is 11.3 Å². The van der Waals surface area contributed by atoms with E-state index in [1.54, 1.807) is 0 Å². The minimum Gasteiger partial charge on any atom is -0.377 e.